The molecule has 3 rings (SSSR count). The van der Waals surface area contributed by atoms with Crippen molar-refractivity contribution in [1.29, 1.82) is 5.26 Å². The van der Waals surface area contributed by atoms with Crippen molar-refractivity contribution in [2.24, 2.45) is 0 Å². The molecule has 2 aromatic carbocycles. The minimum absolute atomic E-state index is 0.0529. The molecule has 0 radical (unpaired) electrons. The maximum absolute atomic E-state index is 11.7. The molecule has 0 bridgehead atoms. The molecule has 6 nitrogen and oxygen atoms in total. The Morgan fingerprint density at radius 1 is 1.28 bits per heavy atom. The number of nitriles is 1. The average Bonchev–Trinajstić information content (AvgIpc) is 2.99. The van der Waals surface area contributed by atoms with Gasteiger partial charge in [-0.15, -0.1) is 10.2 Å². The first-order valence-electron chi connectivity index (χ1n) is 7.58. The van der Waals surface area contributed by atoms with Crippen LogP contribution in [0.25, 0.3) is 16.5 Å². The van der Waals surface area contributed by atoms with E-state index in [2.05, 4.69) is 37.5 Å². The van der Waals surface area contributed by atoms with Crippen LogP contribution in [0.1, 0.15) is 12.5 Å². The molecule has 0 unspecified atom stereocenters. The van der Waals surface area contributed by atoms with E-state index >= 15 is 0 Å². The number of carbonyl (C=O) groups excluding carboxylic acids is 1. The summed E-state index contributed by atoms with van der Waals surface area (Å²) in [5, 5.41) is 22.7. The second-order valence-electron chi connectivity index (χ2n) is 5.12. The zero-order valence-corrected chi connectivity index (χ0v) is 15.8. The first kappa shape index (κ1) is 17.5. The zero-order chi connectivity index (χ0) is 17.8. The summed E-state index contributed by atoms with van der Waals surface area (Å²) >= 11 is 4.74. The number of carbonyl (C=O) groups is 1. The smallest absolute Gasteiger partial charge is 0.230 e. The fourth-order valence-electron chi connectivity index (χ4n) is 2.50. The molecule has 3 aromatic rings. The summed E-state index contributed by atoms with van der Waals surface area (Å²) in [5.74, 6) is 0.204. The van der Waals surface area contributed by atoms with Gasteiger partial charge >= 0.3 is 0 Å². The van der Waals surface area contributed by atoms with Crippen molar-refractivity contribution < 1.29 is 4.79 Å². The molecule has 1 aromatic heterocycles. The molecule has 0 fully saturated rings. The van der Waals surface area contributed by atoms with Crippen LogP contribution in [0, 0.1) is 11.3 Å². The lowest BCUT2D eigenvalue weighted by molar-refractivity contribution is -0.118. The van der Waals surface area contributed by atoms with Gasteiger partial charge in [-0.1, -0.05) is 36.0 Å². The molecule has 0 aliphatic rings. The third-order valence-electron chi connectivity index (χ3n) is 3.56. The van der Waals surface area contributed by atoms with Gasteiger partial charge in [-0.3, -0.25) is 9.36 Å². The fraction of sp³-hybridized carbons (Fsp3) is 0.176. The predicted molar refractivity (Wildman–Crippen MR) is 101 cm³/mol. The maximum atomic E-state index is 11.7. The molecular weight excluding hydrogens is 402 g/mol. The lowest BCUT2D eigenvalue weighted by atomic mass is 10.0. The highest BCUT2D eigenvalue weighted by Gasteiger charge is 2.17. The number of hydrogen-bond donors (Lipinski definition) is 1. The van der Waals surface area contributed by atoms with Crippen molar-refractivity contribution in [1.82, 2.24) is 20.1 Å². The maximum Gasteiger partial charge on any atom is 0.230 e. The normalized spacial score (nSPS) is 10.6. The van der Waals surface area contributed by atoms with Gasteiger partial charge in [0, 0.05) is 17.3 Å². The lowest BCUT2D eigenvalue weighted by Crippen LogP contribution is -2.24. The van der Waals surface area contributed by atoms with E-state index in [1.807, 2.05) is 41.8 Å². The summed E-state index contributed by atoms with van der Waals surface area (Å²) in [6, 6.07) is 13.6. The molecule has 0 saturated heterocycles. The Balaban J connectivity index is 2.06. The topological polar surface area (TPSA) is 83.6 Å². The highest BCUT2D eigenvalue weighted by molar-refractivity contribution is 9.10. The molecule has 1 N–H and O–H groups in total. The molecule has 1 amide bonds. The highest BCUT2D eigenvalue weighted by Crippen LogP contribution is 2.31. The first-order valence-corrected chi connectivity index (χ1v) is 9.36. The number of aromatic nitrogens is 3. The standard InChI is InChI=1S/C17H14BrN5OS/c1-2-20-15(24)10-25-17-22-21-16(18)23(17)14-8-7-11(9-19)12-5-3-4-6-13(12)14/h3-8H,2,10H2,1H3,(H,20,24). The van der Waals surface area contributed by atoms with Crippen molar-refractivity contribution in [3.05, 3.63) is 46.7 Å². The number of rotatable bonds is 5. The van der Waals surface area contributed by atoms with Gasteiger partial charge in [0.25, 0.3) is 0 Å². The van der Waals surface area contributed by atoms with E-state index in [4.69, 9.17) is 0 Å². The number of hydrogen-bond acceptors (Lipinski definition) is 5. The Kier molecular flexibility index (Phi) is 5.36. The Hall–Kier alpha value is -2.37. The Labute approximate surface area is 157 Å². The summed E-state index contributed by atoms with van der Waals surface area (Å²) in [6.07, 6.45) is 0. The minimum Gasteiger partial charge on any atom is -0.356 e. The van der Waals surface area contributed by atoms with Crippen LogP contribution < -0.4 is 5.32 Å². The second-order valence-corrected chi connectivity index (χ2v) is 6.77. The van der Waals surface area contributed by atoms with Crippen LogP contribution in [0.5, 0.6) is 0 Å². The predicted octanol–water partition coefficient (Wildman–Crippen LogP) is 3.28. The quantitative estimate of drug-likeness (QED) is 0.646. The molecule has 0 aliphatic carbocycles. The van der Waals surface area contributed by atoms with E-state index in [9.17, 15) is 10.1 Å². The SMILES string of the molecule is CCNC(=O)CSc1nnc(Br)n1-c1ccc(C#N)c2ccccc12. The largest absolute Gasteiger partial charge is 0.356 e. The molecule has 0 aliphatic heterocycles. The molecule has 8 heteroatoms. The van der Waals surface area contributed by atoms with Crippen LogP contribution in [-0.2, 0) is 4.79 Å². The summed E-state index contributed by atoms with van der Waals surface area (Å²) in [5.41, 5.74) is 1.46. The minimum atomic E-state index is -0.0529. The summed E-state index contributed by atoms with van der Waals surface area (Å²) in [7, 11) is 0. The third kappa shape index (κ3) is 3.52. The molecule has 1 heterocycles. The number of benzene rings is 2. The molecule has 0 atom stereocenters. The zero-order valence-electron chi connectivity index (χ0n) is 13.4. The third-order valence-corrected chi connectivity index (χ3v) is 5.00. The number of nitrogens with zero attached hydrogens (tertiary/aromatic N) is 4. The van der Waals surface area contributed by atoms with Gasteiger partial charge in [0.1, 0.15) is 0 Å². The summed E-state index contributed by atoms with van der Waals surface area (Å²) in [4.78, 5) is 11.7. The van der Waals surface area contributed by atoms with E-state index in [-0.39, 0.29) is 11.7 Å². The highest BCUT2D eigenvalue weighted by atomic mass is 79.9. The molecule has 126 valence electrons. The molecular formula is C17H14BrN5OS. The summed E-state index contributed by atoms with van der Waals surface area (Å²) in [6.45, 7) is 2.47. The second kappa shape index (κ2) is 7.68. The van der Waals surface area contributed by atoms with Gasteiger partial charge in [-0.25, -0.2) is 0 Å². The van der Waals surface area contributed by atoms with Crippen LogP contribution in [0.3, 0.4) is 0 Å². The van der Waals surface area contributed by atoms with Gasteiger partial charge in [0.2, 0.25) is 10.6 Å². The Bertz CT molecular complexity index is 979. The van der Waals surface area contributed by atoms with Crippen LogP contribution in [-0.4, -0.2) is 33.0 Å². The van der Waals surface area contributed by atoms with Gasteiger partial charge in [-0.05, 0) is 35.0 Å². The lowest BCUT2D eigenvalue weighted by Gasteiger charge is -2.12. The van der Waals surface area contributed by atoms with Crippen molar-refractivity contribution in [2.45, 2.75) is 12.1 Å². The van der Waals surface area contributed by atoms with E-state index in [0.717, 1.165) is 16.5 Å². The average molecular weight is 416 g/mol. The van der Waals surface area contributed by atoms with E-state index in [0.29, 0.717) is 22.0 Å². The van der Waals surface area contributed by atoms with E-state index in [1.165, 1.54) is 11.8 Å². The van der Waals surface area contributed by atoms with Crippen LogP contribution in [0.4, 0.5) is 0 Å². The number of amides is 1. The monoisotopic (exact) mass is 415 g/mol. The fourth-order valence-corrected chi connectivity index (χ4v) is 3.83. The first-order chi connectivity index (χ1) is 12.2. The van der Waals surface area contributed by atoms with Gasteiger partial charge in [0.05, 0.1) is 23.1 Å². The Morgan fingerprint density at radius 2 is 2.04 bits per heavy atom. The van der Waals surface area contributed by atoms with Gasteiger partial charge < -0.3 is 5.32 Å². The van der Waals surface area contributed by atoms with E-state index < -0.39 is 0 Å². The van der Waals surface area contributed by atoms with Crippen molar-refractivity contribution in [2.75, 3.05) is 12.3 Å². The molecule has 0 saturated carbocycles. The van der Waals surface area contributed by atoms with Crippen LogP contribution in [0.15, 0.2) is 46.3 Å². The van der Waals surface area contributed by atoms with Crippen molar-refractivity contribution in [3.63, 3.8) is 0 Å². The van der Waals surface area contributed by atoms with Crippen LogP contribution >= 0.6 is 27.7 Å². The summed E-state index contributed by atoms with van der Waals surface area (Å²) < 4.78 is 2.38. The number of halogens is 1. The number of nitrogens with one attached hydrogen (secondary N) is 1. The van der Waals surface area contributed by atoms with Crippen molar-refractivity contribution >= 4 is 44.4 Å². The van der Waals surface area contributed by atoms with Gasteiger partial charge in [0.15, 0.2) is 5.16 Å². The molecule has 0 spiro atoms. The van der Waals surface area contributed by atoms with Gasteiger partial charge in [-0.2, -0.15) is 5.26 Å². The van der Waals surface area contributed by atoms with Crippen LogP contribution in [0.2, 0.25) is 0 Å². The van der Waals surface area contributed by atoms with Crippen molar-refractivity contribution in [3.8, 4) is 11.8 Å². The Morgan fingerprint density at radius 3 is 2.76 bits per heavy atom. The van der Waals surface area contributed by atoms with E-state index in [1.54, 1.807) is 6.07 Å². The number of thioether (sulfide) groups is 1. The molecule has 25 heavy (non-hydrogen) atoms. The number of fused-ring (bicyclic) bond motifs is 1.